The van der Waals surface area contributed by atoms with E-state index in [9.17, 15) is 13.2 Å². The van der Waals surface area contributed by atoms with Crippen molar-refractivity contribution in [2.24, 2.45) is 5.92 Å². The number of halogens is 1. The third kappa shape index (κ3) is 4.57. The van der Waals surface area contributed by atoms with Crippen molar-refractivity contribution < 1.29 is 17.9 Å². The molecule has 0 saturated carbocycles. The summed E-state index contributed by atoms with van der Waals surface area (Å²) in [6.07, 6.45) is 0.991. The minimum absolute atomic E-state index is 0.00871. The number of ether oxygens (including phenoxy) is 1. The lowest BCUT2D eigenvalue weighted by Crippen LogP contribution is -2.39. The van der Waals surface area contributed by atoms with Gasteiger partial charge < -0.3 is 9.64 Å². The molecule has 7 heteroatoms. The zero-order chi connectivity index (χ0) is 12.2. The number of carbonyl (C=O) groups is 1. The van der Waals surface area contributed by atoms with Crippen LogP contribution in [-0.4, -0.2) is 44.9 Å². The van der Waals surface area contributed by atoms with Gasteiger partial charge >= 0.3 is 6.09 Å². The van der Waals surface area contributed by atoms with Gasteiger partial charge in [-0.2, -0.15) is 0 Å². The lowest BCUT2D eigenvalue weighted by Gasteiger charge is -2.30. The fourth-order valence-electron chi connectivity index (χ4n) is 1.78. The maximum atomic E-state index is 11.3. The molecule has 16 heavy (non-hydrogen) atoms. The van der Waals surface area contributed by atoms with E-state index < -0.39 is 9.05 Å². The number of carbonyl (C=O) groups excluding carboxylic acids is 1. The second kappa shape index (κ2) is 5.72. The lowest BCUT2D eigenvalue weighted by molar-refractivity contribution is 0.0936. The summed E-state index contributed by atoms with van der Waals surface area (Å²) in [5.74, 6) is 0.0405. The van der Waals surface area contributed by atoms with Crippen LogP contribution in [0.3, 0.4) is 0 Å². The van der Waals surface area contributed by atoms with Gasteiger partial charge in [-0.15, -0.1) is 0 Å². The summed E-state index contributed by atoms with van der Waals surface area (Å²) in [7, 11) is 1.75. The predicted molar refractivity (Wildman–Crippen MR) is 61.0 cm³/mol. The molecule has 0 spiro atoms. The van der Waals surface area contributed by atoms with Gasteiger partial charge in [0.25, 0.3) is 0 Å². The standard InChI is InChI=1S/C9H16ClNO4S/c1-2-15-9(12)11-5-3-8(4-6-11)7-16(10,13)14/h8H,2-7H2,1H3. The van der Waals surface area contributed by atoms with Crippen LogP contribution in [0.5, 0.6) is 0 Å². The lowest BCUT2D eigenvalue weighted by atomic mass is 9.99. The number of piperidine rings is 1. The summed E-state index contributed by atoms with van der Waals surface area (Å²) in [5.41, 5.74) is 0. The van der Waals surface area contributed by atoms with Gasteiger partial charge in [-0.05, 0) is 25.7 Å². The van der Waals surface area contributed by atoms with Crippen LogP contribution in [-0.2, 0) is 13.8 Å². The zero-order valence-electron chi connectivity index (χ0n) is 9.19. The molecule has 0 N–H and O–H groups in total. The normalized spacial score (nSPS) is 18.5. The van der Waals surface area contributed by atoms with Crippen LogP contribution >= 0.6 is 10.7 Å². The highest BCUT2D eigenvalue weighted by atomic mass is 35.7. The van der Waals surface area contributed by atoms with Crippen molar-refractivity contribution >= 4 is 25.8 Å². The highest BCUT2D eigenvalue weighted by molar-refractivity contribution is 8.13. The molecule has 1 amide bonds. The Bertz CT molecular complexity index is 335. The molecule has 1 heterocycles. The van der Waals surface area contributed by atoms with Crippen LogP contribution in [0.4, 0.5) is 4.79 Å². The van der Waals surface area contributed by atoms with E-state index in [1.54, 1.807) is 11.8 Å². The Morgan fingerprint density at radius 1 is 1.44 bits per heavy atom. The molecule has 0 aliphatic carbocycles. The number of amides is 1. The molecule has 0 radical (unpaired) electrons. The molecule has 1 rings (SSSR count). The molecular weight excluding hydrogens is 254 g/mol. The first-order chi connectivity index (χ1) is 7.42. The number of hydrogen-bond donors (Lipinski definition) is 0. The van der Waals surface area contributed by atoms with E-state index in [-0.39, 0.29) is 17.8 Å². The Balaban J connectivity index is 2.37. The summed E-state index contributed by atoms with van der Waals surface area (Å²) >= 11 is 0. The Morgan fingerprint density at radius 2 is 2.00 bits per heavy atom. The van der Waals surface area contributed by atoms with E-state index in [0.717, 1.165) is 0 Å². The maximum Gasteiger partial charge on any atom is 0.409 e. The molecule has 1 aliphatic heterocycles. The molecular formula is C9H16ClNO4S. The molecule has 5 nitrogen and oxygen atoms in total. The fraction of sp³-hybridized carbons (Fsp3) is 0.889. The third-order valence-electron chi connectivity index (χ3n) is 2.58. The number of nitrogens with zero attached hydrogens (tertiary/aromatic N) is 1. The van der Waals surface area contributed by atoms with Crippen molar-refractivity contribution in [2.45, 2.75) is 19.8 Å². The van der Waals surface area contributed by atoms with Gasteiger partial charge in [-0.25, -0.2) is 13.2 Å². The summed E-state index contributed by atoms with van der Waals surface area (Å²) in [6.45, 7) is 3.19. The molecule has 0 aromatic heterocycles. The van der Waals surface area contributed by atoms with Crippen molar-refractivity contribution in [1.82, 2.24) is 4.90 Å². The second-order valence-corrected chi connectivity index (χ2v) is 6.66. The van der Waals surface area contributed by atoms with Crippen LogP contribution in [0, 0.1) is 5.92 Å². The van der Waals surface area contributed by atoms with E-state index in [1.807, 2.05) is 0 Å². The number of hydrogen-bond acceptors (Lipinski definition) is 4. The quantitative estimate of drug-likeness (QED) is 0.727. The van der Waals surface area contributed by atoms with E-state index in [4.69, 9.17) is 15.4 Å². The monoisotopic (exact) mass is 269 g/mol. The van der Waals surface area contributed by atoms with Gasteiger partial charge in [-0.3, -0.25) is 0 Å². The summed E-state index contributed by atoms with van der Waals surface area (Å²) in [6, 6.07) is 0. The fourth-order valence-corrected chi connectivity index (χ4v) is 3.21. The van der Waals surface area contributed by atoms with Crippen LogP contribution in [0.15, 0.2) is 0 Å². The van der Waals surface area contributed by atoms with E-state index >= 15 is 0 Å². The summed E-state index contributed by atoms with van der Waals surface area (Å²) < 4.78 is 26.6. The van der Waals surface area contributed by atoms with Gasteiger partial charge in [0.1, 0.15) is 0 Å². The minimum atomic E-state index is -3.43. The van der Waals surface area contributed by atoms with Crippen molar-refractivity contribution in [2.75, 3.05) is 25.4 Å². The van der Waals surface area contributed by atoms with E-state index in [1.165, 1.54) is 0 Å². The molecule has 0 atom stereocenters. The van der Waals surface area contributed by atoms with E-state index in [2.05, 4.69) is 0 Å². The van der Waals surface area contributed by atoms with Gasteiger partial charge in [0.2, 0.25) is 9.05 Å². The second-order valence-electron chi connectivity index (χ2n) is 3.83. The zero-order valence-corrected chi connectivity index (χ0v) is 10.8. The predicted octanol–water partition coefficient (Wildman–Crippen LogP) is 1.42. The van der Waals surface area contributed by atoms with Crippen molar-refractivity contribution in [3.05, 3.63) is 0 Å². The van der Waals surface area contributed by atoms with Crippen molar-refractivity contribution in [3.8, 4) is 0 Å². The van der Waals surface area contributed by atoms with Gasteiger partial charge in [0.15, 0.2) is 0 Å². The Morgan fingerprint density at radius 3 is 2.44 bits per heavy atom. The highest BCUT2D eigenvalue weighted by Gasteiger charge is 2.26. The molecule has 94 valence electrons. The van der Waals surface area contributed by atoms with Gasteiger partial charge in [0, 0.05) is 23.8 Å². The molecule has 0 aromatic rings. The average Bonchev–Trinajstić information content (AvgIpc) is 2.16. The highest BCUT2D eigenvalue weighted by Crippen LogP contribution is 2.20. The van der Waals surface area contributed by atoms with Crippen LogP contribution in [0.1, 0.15) is 19.8 Å². The summed E-state index contributed by atoms with van der Waals surface area (Å²) in [4.78, 5) is 12.9. The topological polar surface area (TPSA) is 63.7 Å². The van der Waals surface area contributed by atoms with Crippen LogP contribution in [0.25, 0.3) is 0 Å². The SMILES string of the molecule is CCOC(=O)N1CCC(CS(=O)(=O)Cl)CC1. The van der Waals surface area contributed by atoms with Gasteiger partial charge in [-0.1, -0.05) is 0 Å². The van der Waals surface area contributed by atoms with Crippen molar-refractivity contribution in [1.29, 1.82) is 0 Å². The molecule has 0 unspecified atom stereocenters. The molecule has 1 fully saturated rings. The Labute approximate surface area is 100 Å². The minimum Gasteiger partial charge on any atom is -0.450 e. The number of likely N-dealkylation sites (tertiary alicyclic amines) is 1. The molecule has 0 aromatic carbocycles. The van der Waals surface area contributed by atoms with Crippen LogP contribution < -0.4 is 0 Å². The largest absolute Gasteiger partial charge is 0.450 e. The summed E-state index contributed by atoms with van der Waals surface area (Å²) in [5, 5.41) is 0. The number of rotatable bonds is 3. The molecule has 1 aliphatic rings. The molecule has 0 bridgehead atoms. The first-order valence-electron chi connectivity index (χ1n) is 5.26. The van der Waals surface area contributed by atoms with E-state index in [0.29, 0.717) is 32.5 Å². The Hall–Kier alpha value is -0.490. The maximum absolute atomic E-state index is 11.3. The Kier molecular flexibility index (Phi) is 4.86. The van der Waals surface area contributed by atoms with Gasteiger partial charge in [0.05, 0.1) is 12.4 Å². The van der Waals surface area contributed by atoms with Crippen LogP contribution in [0.2, 0.25) is 0 Å². The average molecular weight is 270 g/mol. The molecule has 1 saturated heterocycles. The smallest absolute Gasteiger partial charge is 0.409 e. The first-order valence-corrected chi connectivity index (χ1v) is 7.74. The third-order valence-corrected chi connectivity index (χ3v) is 3.82. The van der Waals surface area contributed by atoms with Crippen molar-refractivity contribution in [3.63, 3.8) is 0 Å². The first kappa shape index (κ1) is 13.6.